The molecule has 0 spiro atoms. The predicted molar refractivity (Wildman–Crippen MR) is 58.3 cm³/mol. The Balaban J connectivity index is 2.21. The van der Waals surface area contributed by atoms with Crippen LogP contribution < -0.4 is 0 Å². The van der Waals surface area contributed by atoms with Crippen molar-refractivity contribution in [1.82, 2.24) is 4.98 Å². The summed E-state index contributed by atoms with van der Waals surface area (Å²) in [6.07, 6.45) is 3.54. The lowest BCUT2D eigenvalue weighted by molar-refractivity contribution is 0.631. The highest BCUT2D eigenvalue weighted by Crippen LogP contribution is 2.26. The number of pyridine rings is 1. The van der Waals surface area contributed by atoms with Gasteiger partial charge in [-0.25, -0.2) is 0 Å². The normalized spacial score (nSPS) is 10.7. The third kappa shape index (κ3) is 1.40. The molecule has 15 heavy (non-hydrogen) atoms. The molecule has 0 atom stereocenters. The molecule has 2 heterocycles. The summed E-state index contributed by atoms with van der Waals surface area (Å²) >= 11 is 0. The molecule has 0 amide bonds. The van der Waals surface area contributed by atoms with Gasteiger partial charge in [-0.05, 0) is 30.3 Å². The number of aromatic nitrogens is 1. The minimum Gasteiger partial charge on any atom is -0.456 e. The van der Waals surface area contributed by atoms with E-state index in [-0.39, 0.29) is 0 Å². The lowest BCUT2D eigenvalue weighted by Gasteiger charge is -1.92. The van der Waals surface area contributed by atoms with Crippen LogP contribution >= 0.6 is 0 Å². The fourth-order valence-electron chi connectivity index (χ4n) is 1.57. The highest BCUT2D eigenvalue weighted by atomic mass is 16.3. The molecule has 0 saturated carbocycles. The molecule has 3 aromatic rings. The van der Waals surface area contributed by atoms with Crippen molar-refractivity contribution in [2.24, 2.45) is 0 Å². The standard InChI is InChI=1S/C13H8NO/c1-2-6-12-10(4-1)8-13(15-12)11-5-3-7-14-9-11/h1-3,5-9H. The number of furan rings is 1. The molecule has 0 saturated heterocycles. The molecule has 0 aliphatic carbocycles. The average molecular weight is 194 g/mol. The molecule has 0 N–H and O–H groups in total. The van der Waals surface area contributed by atoms with E-state index in [0.717, 1.165) is 22.3 Å². The van der Waals surface area contributed by atoms with Crippen molar-refractivity contribution in [1.29, 1.82) is 0 Å². The molecule has 0 fully saturated rings. The molecule has 2 nitrogen and oxygen atoms in total. The monoisotopic (exact) mass is 194 g/mol. The Morgan fingerprint density at radius 1 is 1.20 bits per heavy atom. The quantitative estimate of drug-likeness (QED) is 0.594. The van der Waals surface area contributed by atoms with Crippen LogP contribution in [0.25, 0.3) is 22.3 Å². The van der Waals surface area contributed by atoms with Crippen LogP contribution in [0, 0.1) is 6.07 Å². The third-order valence-corrected chi connectivity index (χ3v) is 2.29. The van der Waals surface area contributed by atoms with Crippen LogP contribution in [-0.4, -0.2) is 4.98 Å². The van der Waals surface area contributed by atoms with E-state index < -0.39 is 0 Å². The van der Waals surface area contributed by atoms with Crippen LogP contribution in [-0.2, 0) is 0 Å². The van der Waals surface area contributed by atoms with Gasteiger partial charge in [0.25, 0.3) is 0 Å². The highest BCUT2D eigenvalue weighted by Gasteiger charge is 2.04. The van der Waals surface area contributed by atoms with Crippen LogP contribution in [0.3, 0.4) is 0 Å². The van der Waals surface area contributed by atoms with Crippen molar-refractivity contribution in [2.45, 2.75) is 0 Å². The number of hydrogen-bond donors (Lipinski definition) is 0. The van der Waals surface area contributed by atoms with E-state index in [2.05, 4.69) is 11.1 Å². The van der Waals surface area contributed by atoms with E-state index in [9.17, 15) is 0 Å². The van der Waals surface area contributed by atoms with Gasteiger partial charge in [0, 0.05) is 23.3 Å². The first-order valence-corrected chi connectivity index (χ1v) is 4.74. The van der Waals surface area contributed by atoms with Gasteiger partial charge in [-0.3, -0.25) is 4.98 Å². The maximum Gasteiger partial charge on any atom is 0.136 e. The maximum atomic E-state index is 5.68. The van der Waals surface area contributed by atoms with Crippen molar-refractivity contribution in [3.63, 3.8) is 0 Å². The van der Waals surface area contributed by atoms with E-state index in [4.69, 9.17) is 4.42 Å². The molecule has 0 bridgehead atoms. The van der Waals surface area contributed by atoms with E-state index in [1.807, 2.05) is 36.4 Å². The molecule has 1 aromatic carbocycles. The fraction of sp³-hybridized carbons (Fsp3) is 0. The van der Waals surface area contributed by atoms with Crippen molar-refractivity contribution in [2.75, 3.05) is 0 Å². The van der Waals surface area contributed by atoms with Gasteiger partial charge in [-0.1, -0.05) is 12.1 Å². The van der Waals surface area contributed by atoms with Crippen LogP contribution in [0.2, 0.25) is 0 Å². The van der Waals surface area contributed by atoms with Gasteiger partial charge in [0.15, 0.2) is 0 Å². The Morgan fingerprint density at radius 3 is 3.00 bits per heavy atom. The first kappa shape index (κ1) is 8.24. The number of fused-ring (bicyclic) bond motifs is 1. The zero-order valence-corrected chi connectivity index (χ0v) is 7.97. The van der Waals surface area contributed by atoms with Crippen LogP contribution in [0.4, 0.5) is 0 Å². The summed E-state index contributed by atoms with van der Waals surface area (Å²) in [4.78, 5) is 4.06. The Kier molecular flexibility index (Phi) is 1.78. The Hall–Kier alpha value is -2.09. The molecule has 1 radical (unpaired) electrons. The van der Waals surface area contributed by atoms with Crippen molar-refractivity contribution < 1.29 is 4.42 Å². The molecule has 2 heteroatoms. The van der Waals surface area contributed by atoms with Crippen molar-refractivity contribution in [3.8, 4) is 11.3 Å². The Labute approximate surface area is 87.2 Å². The van der Waals surface area contributed by atoms with Gasteiger partial charge in [0.2, 0.25) is 0 Å². The number of hydrogen-bond acceptors (Lipinski definition) is 2. The maximum absolute atomic E-state index is 5.68. The van der Waals surface area contributed by atoms with Gasteiger partial charge in [0.05, 0.1) is 0 Å². The van der Waals surface area contributed by atoms with Gasteiger partial charge < -0.3 is 4.42 Å². The molecular formula is C13H8NO. The minimum absolute atomic E-state index is 0.834. The molecular weight excluding hydrogens is 186 g/mol. The largest absolute Gasteiger partial charge is 0.456 e. The summed E-state index contributed by atoms with van der Waals surface area (Å²) in [6, 6.07) is 14.7. The van der Waals surface area contributed by atoms with Crippen LogP contribution in [0.15, 0.2) is 53.2 Å². The van der Waals surface area contributed by atoms with Crippen LogP contribution in [0.5, 0.6) is 0 Å². The second-order valence-electron chi connectivity index (χ2n) is 3.30. The van der Waals surface area contributed by atoms with Gasteiger partial charge in [-0.2, -0.15) is 0 Å². The zero-order chi connectivity index (χ0) is 10.1. The van der Waals surface area contributed by atoms with E-state index in [1.165, 1.54) is 0 Å². The third-order valence-electron chi connectivity index (χ3n) is 2.29. The fourth-order valence-corrected chi connectivity index (χ4v) is 1.57. The number of rotatable bonds is 1. The average Bonchev–Trinajstić information content (AvgIpc) is 2.74. The zero-order valence-electron chi connectivity index (χ0n) is 7.97. The first-order valence-electron chi connectivity index (χ1n) is 4.74. The second kappa shape index (κ2) is 3.24. The molecule has 3 rings (SSSR count). The molecule has 0 unspecified atom stereocenters. The topological polar surface area (TPSA) is 26.0 Å². The number of nitrogens with zero attached hydrogens (tertiary/aromatic N) is 1. The van der Waals surface area contributed by atoms with Gasteiger partial charge >= 0.3 is 0 Å². The SMILES string of the molecule is [c]1cccc2oc(-c3cccnc3)cc12. The Morgan fingerprint density at radius 2 is 2.20 bits per heavy atom. The van der Waals surface area contributed by atoms with Gasteiger partial charge in [-0.15, -0.1) is 0 Å². The van der Waals surface area contributed by atoms with E-state index >= 15 is 0 Å². The Bertz CT molecular complexity index is 551. The summed E-state index contributed by atoms with van der Waals surface area (Å²) < 4.78 is 5.68. The number of benzene rings is 1. The van der Waals surface area contributed by atoms with E-state index in [0.29, 0.717) is 0 Å². The minimum atomic E-state index is 0.834. The smallest absolute Gasteiger partial charge is 0.136 e. The van der Waals surface area contributed by atoms with E-state index in [1.54, 1.807) is 12.4 Å². The lowest BCUT2D eigenvalue weighted by Crippen LogP contribution is -1.73. The first-order chi connectivity index (χ1) is 7.43. The van der Waals surface area contributed by atoms with Gasteiger partial charge in [0.1, 0.15) is 11.3 Å². The molecule has 0 aliphatic rings. The predicted octanol–water partition coefficient (Wildman–Crippen LogP) is 3.29. The summed E-state index contributed by atoms with van der Waals surface area (Å²) in [5.74, 6) is 0.834. The summed E-state index contributed by atoms with van der Waals surface area (Å²) in [7, 11) is 0. The van der Waals surface area contributed by atoms with Crippen LogP contribution in [0.1, 0.15) is 0 Å². The van der Waals surface area contributed by atoms with Crippen molar-refractivity contribution in [3.05, 3.63) is 54.9 Å². The highest BCUT2D eigenvalue weighted by molar-refractivity contribution is 5.81. The molecule has 2 aromatic heterocycles. The second-order valence-corrected chi connectivity index (χ2v) is 3.30. The van der Waals surface area contributed by atoms with Crippen molar-refractivity contribution >= 4 is 11.0 Å². The summed E-state index contributed by atoms with van der Waals surface area (Å²) in [5, 5.41) is 0.997. The summed E-state index contributed by atoms with van der Waals surface area (Å²) in [5.41, 5.74) is 1.85. The molecule has 71 valence electrons. The lowest BCUT2D eigenvalue weighted by atomic mass is 10.2. The molecule has 0 aliphatic heterocycles. The summed E-state index contributed by atoms with van der Waals surface area (Å²) in [6.45, 7) is 0.